The number of nitrogens with zero attached hydrogens (tertiary/aromatic N) is 3. The summed E-state index contributed by atoms with van der Waals surface area (Å²) in [7, 11) is 0. The monoisotopic (exact) mass is 241 g/mol. The van der Waals surface area contributed by atoms with Crippen molar-refractivity contribution in [2.24, 2.45) is 5.84 Å². The highest BCUT2D eigenvalue weighted by molar-refractivity contribution is 5.48. The van der Waals surface area contributed by atoms with E-state index in [1.807, 2.05) is 12.1 Å². The highest BCUT2D eigenvalue weighted by Crippen LogP contribution is 2.26. The van der Waals surface area contributed by atoms with Gasteiger partial charge in [0.1, 0.15) is 11.6 Å². The van der Waals surface area contributed by atoms with Crippen LogP contribution in [0.5, 0.6) is 0 Å². The number of nitrogen functional groups attached to an aromatic ring is 1. The van der Waals surface area contributed by atoms with Crippen molar-refractivity contribution in [3.05, 3.63) is 47.2 Å². The van der Waals surface area contributed by atoms with Crippen molar-refractivity contribution < 1.29 is 0 Å². The van der Waals surface area contributed by atoms with Gasteiger partial charge in [0.2, 0.25) is 0 Å². The molecule has 5 heteroatoms. The standard InChI is InChI=1S/C13H15N5/c14-18-13-10-2-1-3-11(10)16-12(17-13)8-9-4-6-15-7-5-9/h4-7H,1-3,8,14H2,(H,16,17,18). The number of aryl methyl sites for hydroxylation is 1. The van der Waals surface area contributed by atoms with Gasteiger partial charge in [-0.3, -0.25) is 4.98 Å². The van der Waals surface area contributed by atoms with Gasteiger partial charge in [-0.05, 0) is 37.0 Å². The van der Waals surface area contributed by atoms with Crippen LogP contribution in [0.15, 0.2) is 24.5 Å². The molecule has 0 atom stereocenters. The number of hydrazine groups is 1. The van der Waals surface area contributed by atoms with Gasteiger partial charge in [-0.25, -0.2) is 15.8 Å². The number of nitrogens with one attached hydrogen (secondary N) is 1. The first-order valence-electron chi connectivity index (χ1n) is 6.11. The first-order valence-corrected chi connectivity index (χ1v) is 6.11. The maximum Gasteiger partial charge on any atom is 0.147 e. The van der Waals surface area contributed by atoms with Crippen LogP contribution in [0, 0.1) is 0 Å². The van der Waals surface area contributed by atoms with Gasteiger partial charge in [0.05, 0.1) is 0 Å². The summed E-state index contributed by atoms with van der Waals surface area (Å²) in [4.78, 5) is 13.1. The molecule has 5 nitrogen and oxygen atoms in total. The Kier molecular flexibility index (Phi) is 2.90. The largest absolute Gasteiger partial charge is 0.308 e. The summed E-state index contributed by atoms with van der Waals surface area (Å²) >= 11 is 0. The molecule has 0 aromatic carbocycles. The number of hydrogen-bond acceptors (Lipinski definition) is 5. The highest BCUT2D eigenvalue weighted by atomic mass is 15.3. The molecule has 2 aromatic heterocycles. The van der Waals surface area contributed by atoms with E-state index in [0.29, 0.717) is 6.42 Å². The number of rotatable bonds is 3. The first-order chi connectivity index (χ1) is 8.86. The van der Waals surface area contributed by atoms with Gasteiger partial charge in [0, 0.05) is 30.1 Å². The summed E-state index contributed by atoms with van der Waals surface area (Å²) in [6.45, 7) is 0. The number of fused-ring (bicyclic) bond motifs is 1. The van der Waals surface area contributed by atoms with Crippen molar-refractivity contribution in [1.82, 2.24) is 15.0 Å². The zero-order valence-corrected chi connectivity index (χ0v) is 10.1. The summed E-state index contributed by atoms with van der Waals surface area (Å²) in [5.74, 6) is 7.13. The SMILES string of the molecule is NNc1nc(Cc2ccncc2)nc2c1CCC2. The molecule has 0 amide bonds. The van der Waals surface area contributed by atoms with E-state index in [1.165, 1.54) is 5.56 Å². The highest BCUT2D eigenvalue weighted by Gasteiger charge is 2.18. The van der Waals surface area contributed by atoms with Gasteiger partial charge in [-0.1, -0.05) is 0 Å². The second-order valence-electron chi connectivity index (χ2n) is 4.44. The van der Waals surface area contributed by atoms with Crippen molar-refractivity contribution in [1.29, 1.82) is 0 Å². The molecule has 2 heterocycles. The molecule has 0 saturated heterocycles. The minimum atomic E-state index is 0.713. The van der Waals surface area contributed by atoms with Crippen molar-refractivity contribution >= 4 is 5.82 Å². The van der Waals surface area contributed by atoms with Crippen molar-refractivity contribution in [2.45, 2.75) is 25.7 Å². The molecule has 0 radical (unpaired) electrons. The van der Waals surface area contributed by atoms with E-state index in [1.54, 1.807) is 12.4 Å². The summed E-state index contributed by atoms with van der Waals surface area (Å²) < 4.78 is 0. The Bertz CT molecular complexity index is 553. The van der Waals surface area contributed by atoms with Crippen molar-refractivity contribution in [2.75, 3.05) is 5.43 Å². The van der Waals surface area contributed by atoms with E-state index in [0.717, 1.165) is 42.2 Å². The second-order valence-corrected chi connectivity index (χ2v) is 4.44. The predicted molar refractivity (Wildman–Crippen MR) is 68.9 cm³/mol. The topological polar surface area (TPSA) is 76.7 Å². The molecule has 0 aliphatic heterocycles. The van der Waals surface area contributed by atoms with Crippen LogP contribution in [0.25, 0.3) is 0 Å². The molecule has 92 valence electrons. The smallest absolute Gasteiger partial charge is 0.147 e. The number of aromatic nitrogens is 3. The van der Waals surface area contributed by atoms with E-state index >= 15 is 0 Å². The van der Waals surface area contributed by atoms with Crippen LogP contribution in [0.2, 0.25) is 0 Å². The Labute approximate surface area is 105 Å². The molecule has 0 unspecified atom stereocenters. The lowest BCUT2D eigenvalue weighted by molar-refractivity contribution is 0.885. The third-order valence-corrected chi connectivity index (χ3v) is 3.23. The molecule has 0 saturated carbocycles. The molecule has 3 N–H and O–H groups in total. The number of anilines is 1. The molecule has 2 aromatic rings. The molecule has 0 bridgehead atoms. The Morgan fingerprint density at radius 1 is 1.17 bits per heavy atom. The van der Waals surface area contributed by atoms with Gasteiger partial charge in [-0.2, -0.15) is 0 Å². The van der Waals surface area contributed by atoms with Crippen LogP contribution in [-0.2, 0) is 19.3 Å². The minimum absolute atomic E-state index is 0.713. The first kappa shape index (κ1) is 11.1. The van der Waals surface area contributed by atoms with Crippen molar-refractivity contribution in [3.8, 4) is 0 Å². The third-order valence-electron chi connectivity index (χ3n) is 3.23. The Morgan fingerprint density at radius 3 is 2.78 bits per heavy atom. The van der Waals surface area contributed by atoms with Gasteiger partial charge >= 0.3 is 0 Å². The van der Waals surface area contributed by atoms with Crippen LogP contribution < -0.4 is 11.3 Å². The van der Waals surface area contributed by atoms with Gasteiger partial charge in [-0.15, -0.1) is 0 Å². The van der Waals surface area contributed by atoms with E-state index in [4.69, 9.17) is 5.84 Å². The number of hydrogen-bond donors (Lipinski definition) is 2. The minimum Gasteiger partial charge on any atom is -0.308 e. The van der Waals surface area contributed by atoms with E-state index in [2.05, 4.69) is 20.4 Å². The fourth-order valence-corrected chi connectivity index (χ4v) is 2.37. The average molecular weight is 241 g/mol. The molecule has 3 rings (SSSR count). The molecule has 18 heavy (non-hydrogen) atoms. The van der Waals surface area contributed by atoms with Gasteiger partial charge < -0.3 is 5.43 Å². The van der Waals surface area contributed by atoms with E-state index in [9.17, 15) is 0 Å². The lowest BCUT2D eigenvalue weighted by Crippen LogP contribution is -2.14. The van der Waals surface area contributed by atoms with E-state index < -0.39 is 0 Å². The second kappa shape index (κ2) is 4.70. The molecular weight excluding hydrogens is 226 g/mol. The molecular formula is C13H15N5. The van der Waals surface area contributed by atoms with Crippen LogP contribution >= 0.6 is 0 Å². The van der Waals surface area contributed by atoms with Gasteiger partial charge in [0.15, 0.2) is 0 Å². The van der Waals surface area contributed by atoms with Gasteiger partial charge in [0.25, 0.3) is 0 Å². The predicted octanol–water partition coefficient (Wildman–Crippen LogP) is 1.24. The summed E-state index contributed by atoms with van der Waals surface area (Å²) in [6.07, 6.45) is 7.46. The summed E-state index contributed by atoms with van der Waals surface area (Å²) in [5, 5.41) is 0. The summed E-state index contributed by atoms with van der Waals surface area (Å²) in [6, 6.07) is 3.96. The maximum atomic E-state index is 5.53. The Balaban J connectivity index is 1.94. The number of pyridine rings is 1. The third kappa shape index (κ3) is 2.04. The van der Waals surface area contributed by atoms with Crippen LogP contribution in [0.4, 0.5) is 5.82 Å². The quantitative estimate of drug-likeness (QED) is 0.624. The zero-order valence-electron chi connectivity index (χ0n) is 10.1. The average Bonchev–Trinajstić information content (AvgIpc) is 2.87. The molecule has 1 aliphatic rings. The van der Waals surface area contributed by atoms with Crippen LogP contribution in [-0.4, -0.2) is 15.0 Å². The van der Waals surface area contributed by atoms with E-state index in [-0.39, 0.29) is 0 Å². The Morgan fingerprint density at radius 2 is 2.00 bits per heavy atom. The normalized spacial score (nSPS) is 13.4. The number of nitrogens with two attached hydrogens (primary N) is 1. The molecule has 1 aliphatic carbocycles. The fraction of sp³-hybridized carbons (Fsp3) is 0.308. The lowest BCUT2D eigenvalue weighted by atomic mass is 10.2. The van der Waals surface area contributed by atoms with Crippen molar-refractivity contribution in [3.63, 3.8) is 0 Å². The lowest BCUT2D eigenvalue weighted by Gasteiger charge is -2.09. The fourth-order valence-electron chi connectivity index (χ4n) is 2.37. The molecule has 0 spiro atoms. The Hall–Kier alpha value is -2.01. The maximum absolute atomic E-state index is 5.53. The van der Waals surface area contributed by atoms with Crippen LogP contribution in [0.3, 0.4) is 0 Å². The molecule has 0 fully saturated rings. The zero-order chi connectivity index (χ0) is 12.4. The summed E-state index contributed by atoms with van der Waals surface area (Å²) in [5.41, 5.74) is 6.17. The van der Waals surface area contributed by atoms with Crippen LogP contribution in [0.1, 0.15) is 29.1 Å².